The first-order valence-electron chi connectivity index (χ1n) is 15.3. The number of amides is 2. The maximum atomic E-state index is 14.8. The number of benzene rings is 2. The van der Waals surface area contributed by atoms with E-state index in [4.69, 9.17) is 32.7 Å². The van der Waals surface area contributed by atoms with Crippen LogP contribution in [-0.2, 0) is 36.1 Å². The maximum absolute atomic E-state index is 14.8. The van der Waals surface area contributed by atoms with Gasteiger partial charge in [-0.15, -0.1) is 23.2 Å². The number of likely N-dealkylation sites (tertiary alicyclic amines) is 1. The number of rotatable bonds is 7. The van der Waals surface area contributed by atoms with Gasteiger partial charge in [0.1, 0.15) is 5.69 Å². The fraction of sp³-hybridized carbons (Fsp3) is 0.375. The summed E-state index contributed by atoms with van der Waals surface area (Å²) in [5.74, 6) is -3.72. The molecule has 7 rings (SSSR count). The lowest BCUT2D eigenvalue weighted by atomic mass is 9.64. The molecule has 2 amide bonds. The highest BCUT2D eigenvalue weighted by Gasteiger charge is 2.75. The second kappa shape index (κ2) is 11.8. The molecule has 14 nitrogen and oxygen atoms in total. The third-order valence-corrected chi connectivity index (χ3v) is 11.8. The molecule has 3 aliphatic rings. The number of aryl methyl sites for hydroxylation is 2. The summed E-state index contributed by atoms with van der Waals surface area (Å²) in [4.78, 5) is 69.8. The molecule has 1 saturated heterocycles. The number of hydrogen-bond donors (Lipinski definition) is 1. The van der Waals surface area contributed by atoms with Gasteiger partial charge in [-0.25, -0.2) is 32.9 Å². The van der Waals surface area contributed by atoms with Crippen LogP contribution in [0.25, 0.3) is 11.0 Å². The Labute approximate surface area is 299 Å². The number of carbonyl (C=O) groups is 2. The van der Waals surface area contributed by atoms with Crippen molar-refractivity contribution in [3.63, 3.8) is 0 Å². The number of halogens is 4. The summed E-state index contributed by atoms with van der Waals surface area (Å²) in [6.45, 7) is -0.352. The van der Waals surface area contributed by atoms with E-state index in [2.05, 4.69) is 20.9 Å². The van der Waals surface area contributed by atoms with E-state index >= 15 is 0 Å². The summed E-state index contributed by atoms with van der Waals surface area (Å²) in [7, 11) is 4.51. The summed E-state index contributed by atoms with van der Waals surface area (Å²) in [6, 6.07) is 5.63. The Hall–Kier alpha value is -4.41. The molecule has 2 aliphatic heterocycles. The van der Waals surface area contributed by atoms with Crippen LogP contribution in [0.4, 0.5) is 4.39 Å². The number of fused-ring (bicyclic) bond motifs is 5. The minimum absolute atomic E-state index is 0.0894. The molecular formula is C32H28BrCl2FN6O8. The van der Waals surface area contributed by atoms with E-state index < -0.39 is 62.0 Å². The summed E-state index contributed by atoms with van der Waals surface area (Å²) in [6.07, 6.45) is 1.17. The van der Waals surface area contributed by atoms with E-state index in [1.54, 1.807) is 25.3 Å². The maximum Gasteiger partial charge on any atom is 0.347 e. The fourth-order valence-corrected chi connectivity index (χ4v) is 8.83. The number of phenols is 1. The number of methoxy groups -OCH3 is 2. The summed E-state index contributed by atoms with van der Waals surface area (Å²) in [5, 5.41) is 9.91. The van der Waals surface area contributed by atoms with Crippen molar-refractivity contribution in [1.29, 1.82) is 0 Å². The molecule has 1 N–H and O–H groups in total. The lowest BCUT2D eigenvalue weighted by molar-refractivity contribution is -0.138. The molecule has 0 spiro atoms. The first kappa shape index (κ1) is 34.1. The first-order valence-corrected chi connectivity index (χ1v) is 17.1. The third kappa shape index (κ3) is 4.50. The van der Waals surface area contributed by atoms with Crippen LogP contribution in [0.5, 0.6) is 17.2 Å². The lowest BCUT2D eigenvalue weighted by Crippen LogP contribution is -2.59. The molecule has 0 unspecified atom stereocenters. The van der Waals surface area contributed by atoms with Crippen molar-refractivity contribution >= 4 is 62.0 Å². The van der Waals surface area contributed by atoms with Crippen LogP contribution < -0.4 is 26.4 Å². The van der Waals surface area contributed by atoms with E-state index in [0.29, 0.717) is 28.1 Å². The summed E-state index contributed by atoms with van der Waals surface area (Å²) >= 11 is 17.4. The number of aromatic nitrogens is 5. The Morgan fingerprint density at radius 1 is 1.04 bits per heavy atom. The quantitative estimate of drug-likeness (QED) is 0.128. The van der Waals surface area contributed by atoms with Gasteiger partial charge in [-0.1, -0.05) is 28.1 Å². The predicted octanol–water partition coefficient (Wildman–Crippen LogP) is 2.51. The Kier molecular flexibility index (Phi) is 8.07. The summed E-state index contributed by atoms with van der Waals surface area (Å²) < 4.78 is 30.2. The van der Waals surface area contributed by atoms with Crippen LogP contribution in [0.2, 0.25) is 0 Å². The van der Waals surface area contributed by atoms with E-state index in [9.17, 15) is 33.5 Å². The number of ether oxygens (including phenoxy) is 2. The largest absolute Gasteiger partial charge is 0.505 e. The van der Waals surface area contributed by atoms with Gasteiger partial charge in [-0.05, 0) is 23.3 Å². The van der Waals surface area contributed by atoms with E-state index in [1.807, 2.05) is 0 Å². The van der Waals surface area contributed by atoms with Gasteiger partial charge in [-0.2, -0.15) is 0 Å². The second-order valence-electron chi connectivity index (χ2n) is 12.3. The Bertz CT molecular complexity index is 2370. The zero-order chi connectivity index (χ0) is 36.0. The smallest absolute Gasteiger partial charge is 0.347 e. The van der Waals surface area contributed by atoms with E-state index in [1.165, 1.54) is 34.2 Å². The normalized spacial score (nSPS) is 24.2. The molecule has 1 saturated carbocycles. The molecule has 0 radical (unpaired) electrons. The molecule has 2 fully saturated rings. The van der Waals surface area contributed by atoms with E-state index in [0.717, 1.165) is 21.6 Å². The molecule has 18 heteroatoms. The number of aromatic hydroxyl groups is 1. The zero-order valence-corrected chi connectivity index (χ0v) is 29.8. The molecule has 2 aromatic carbocycles. The average Bonchev–Trinajstić information content (AvgIpc) is 3.43. The molecule has 50 heavy (non-hydrogen) atoms. The van der Waals surface area contributed by atoms with Gasteiger partial charge in [0, 0.05) is 44.5 Å². The predicted molar refractivity (Wildman–Crippen MR) is 182 cm³/mol. The topological polar surface area (TPSA) is 160 Å². The number of imide groups is 1. The van der Waals surface area contributed by atoms with Crippen molar-refractivity contribution in [3.8, 4) is 17.2 Å². The number of alkyl halides is 3. The molecule has 2 aromatic heterocycles. The number of nitrogens with zero attached hydrogens (tertiary/aromatic N) is 6. The van der Waals surface area contributed by atoms with Crippen LogP contribution in [0, 0.1) is 5.82 Å². The molecular weight excluding hydrogens is 766 g/mol. The van der Waals surface area contributed by atoms with Crippen LogP contribution in [0.3, 0.4) is 0 Å². The minimum atomic E-state index is -2.14. The van der Waals surface area contributed by atoms with Crippen molar-refractivity contribution in [2.24, 2.45) is 7.05 Å². The van der Waals surface area contributed by atoms with Crippen molar-refractivity contribution in [3.05, 3.63) is 90.4 Å². The van der Waals surface area contributed by atoms with Crippen LogP contribution in [-0.4, -0.2) is 74.7 Å². The Balaban J connectivity index is 1.32. The van der Waals surface area contributed by atoms with Gasteiger partial charge in [0.2, 0.25) is 0 Å². The first-order chi connectivity index (χ1) is 23.7. The van der Waals surface area contributed by atoms with Crippen molar-refractivity contribution in [2.75, 3.05) is 19.7 Å². The minimum Gasteiger partial charge on any atom is -0.505 e. The number of hydrogen-bond acceptors (Lipinski definition) is 9. The molecule has 4 heterocycles. The van der Waals surface area contributed by atoms with Crippen molar-refractivity contribution in [1.82, 2.24) is 28.4 Å². The third-order valence-electron chi connectivity index (χ3n) is 9.89. The van der Waals surface area contributed by atoms with Gasteiger partial charge in [0.05, 0.1) is 43.3 Å². The van der Waals surface area contributed by atoms with Gasteiger partial charge in [0.15, 0.2) is 32.8 Å². The highest BCUT2D eigenvalue weighted by Crippen LogP contribution is 2.63. The van der Waals surface area contributed by atoms with Gasteiger partial charge in [0.25, 0.3) is 17.4 Å². The zero-order valence-electron chi connectivity index (χ0n) is 26.7. The van der Waals surface area contributed by atoms with Crippen LogP contribution in [0.1, 0.15) is 29.6 Å². The number of phenolic OH excluding ortho intramolecular Hbond substituents is 1. The fourth-order valence-electron chi connectivity index (χ4n) is 7.42. The highest BCUT2D eigenvalue weighted by molar-refractivity contribution is 9.09. The molecule has 1 aliphatic carbocycles. The second-order valence-corrected chi connectivity index (χ2v) is 14.0. The SMILES string of the molecule is COc1cc2nc(CCn3c(=O)n4n(c3=O)[C@@H]3C[C@@]5(Cl)C(=O)N(CBr)C(=O)[C@@]5(Cl)[C@@H](c5ccc(O)c(F)c5)C3=CC4)c(=O)n(C)c2cc1OC. The summed E-state index contributed by atoms with van der Waals surface area (Å²) in [5.41, 5.74) is -0.616. The van der Waals surface area contributed by atoms with Gasteiger partial charge < -0.3 is 19.1 Å². The van der Waals surface area contributed by atoms with Crippen LogP contribution >= 0.6 is 39.1 Å². The monoisotopic (exact) mass is 792 g/mol. The molecule has 262 valence electrons. The van der Waals surface area contributed by atoms with E-state index in [-0.39, 0.29) is 42.6 Å². The van der Waals surface area contributed by atoms with Crippen molar-refractivity contribution in [2.45, 2.75) is 47.6 Å². The van der Waals surface area contributed by atoms with Gasteiger partial charge >= 0.3 is 11.4 Å². The molecule has 4 aromatic rings. The standard InChI is InChI=1S/C32H28BrCl2FN6O8/c1-38-20-12-24(50-3)23(49-2)11-19(20)37-18(26(38)44)7-8-39-29(47)41-9-6-16-21(42(41)30(39)48)13-31(34)27(45)40(14-33)28(46)32(31,35)25(16)15-4-5-22(43)17(36)10-15/h4-6,10-12,21,25,43H,7-9,13-14H2,1-3H3/t21-,25+,31-,32+/m1/s1. The average molecular weight is 794 g/mol. The Morgan fingerprint density at radius 2 is 1.74 bits per heavy atom. The number of carbonyl (C=O) groups excluding carboxylic acids is 2. The van der Waals surface area contributed by atoms with Crippen LogP contribution in [0.15, 0.2) is 56.4 Å². The van der Waals surface area contributed by atoms with Gasteiger partial charge in [-0.3, -0.25) is 19.3 Å². The molecule has 4 atom stereocenters. The number of allylic oxidation sites excluding steroid dienone is 2. The Morgan fingerprint density at radius 3 is 2.40 bits per heavy atom. The molecule has 0 bridgehead atoms. The highest BCUT2D eigenvalue weighted by atomic mass is 79.9. The lowest BCUT2D eigenvalue weighted by Gasteiger charge is -2.49. The van der Waals surface area contributed by atoms with Crippen molar-refractivity contribution < 1.29 is 28.6 Å².